The van der Waals surface area contributed by atoms with E-state index < -0.39 is 0 Å². The fraction of sp³-hybridized carbons (Fsp3) is 0.692. The van der Waals surface area contributed by atoms with Crippen molar-refractivity contribution in [3.63, 3.8) is 0 Å². The van der Waals surface area contributed by atoms with Crippen molar-refractivity contribution in [2.75, 3.05) is 6.54 Å². The van der Waals surface area contributed by atoms with E-state index in [1.54, 1.807) is 0 Å². The van der Waals surface area contributed by atoms with Gasteiger partial charge in [-0.05, 0) is 31.9 Å². The minimum Gasteiger partial charge on any atom is -0.314 e. The Morgan fingerprint density at radius 1 is 1.19 bits per heavy atom. The molecule has 0 aliphatic heterocycles. The molecular formula is C13H23N3. The van der Waals surface area contributed by atoms with E-state index in [9.17, 15) is 0 Å². The zero-order valence-electron chi connectivity index (χ0n) is 11.0. The van der Waals surface area contributed by atoms with Crippen LogP contribution in [-0.4, -0.2) is 22.6 Å². The summed E-state index contributed by atoms with van der Waals surface area (Å²) in [7, 11) is 0. The Kier molecular flexibility index (Phi) is 4.87. The van der Waals surface area contributed by atoms with Crippen LogP contribution in [0.3, 0.4) is 0 Å². The van der Waals surface area contributed by atoms with E-state index in [4.69, 9.17) is 0 Å². The van der Waals surface area contributed by atoms with Gasteiger partial charge in [0.15, 0.2) is 0 Å². The van der Waals surface area contributed by atoms with Crippen molar-refractivity contribution in [3.05, 3.63) is 23.8 Å². The minimum atomic E-state index is 0.376. The van der Waals surface area contributed by atoms with Crippen molar-refractivity contribution in [2.45, 2.75) is 46.6 Å². The summed E-state index contributed by atoms with van der Waals surface area (Å²) in [5.41, 5.74) is 1.11. The van der Waals surface area contributed by atoms with Crippen molar-refractivity contribution < 1.29 is 0 Å². The van der Waals surface area contributed by atoms with Gasteiger partial charge in [-0.2, -0.15) is 0 Å². The van der Waals surface area contributed by atoms with Gasteiger partial charge in [-0.1, -0.05) is 20.8 Å². The van der Waals surface area contributed by atoms with Gasteiger partial charge in [-0.25, -0.2) is 9.97 Å². The molecule has 0 spiro atoms. The Labute approximate surface area is 98.7 Å². The smallest absolute Gasteiger partial charge is 0.133 e. The molecule has 3 heteroatoms. The van der Waals surface area contributed by atoms with Crippen molar-refractivity contribution in [2.24, 2.45) is 5.92 Å². The largest absolute Gasteiger partial charge is 0.314 e. The normalized spacial score (nSPS) is 15.1. The number of hydrogen-bond acceptors (Lipinski definition) is 3. The second-order valence-corrected chi connectivity index (χ2v) is 4.73. The topological polar surface area (TPSA) is 37.8 Å². The third-order valence-electron chi connectivity index (χ3n) is 2.88. The minimum absolute atomic E-state index is 0.376. The van der Waals surface area contributed by atoms with Gasteiger partial charge in [0, 0.05) is 24.4 Å². The van der Waals surface area contributed by atoms with Crippen LogP contribution in [0.15, 0.2) is 12.4 Å². The molecule has 1 heterocycles. The molecule has 0 aromatic carbocycles. The maximum absolute atomic E-state index is 4.45. The summed E-state index contributed by atoms with van der Waals surface area (Å²) < 4.78 is 0. The number of nitrogens with zero attached hydrogens (tertiary/aromatic N) is 2. The third-order valence-corrected chi connectivity index (χ3v) is 2.88. The molecule has 0 bridgehead atoms. The van der Waals surface area contributed by atoms with Gasteiger partial charge in [0.25, 0.3) is 0 Å². The van der Waals surface area contributed by atoms with E-state index in [1.807, 2.05) is 19.3 Å². The molecule has 0 aliphatic rings. The molecule has 1 rings (SSSR count). The molecule has 90 valence electrons. The second-order valence-electron chi connectivity index (χ2n) is 4.73. The molecule has 3 nitrogen and oxygen atoms in total. The van der Waals surface area contributed by atoms with Gasteiger partial charge >= 0.3 is 0 Å². The number of aryl methyl sites for hydroxylation is 1. The van der Waals surface area contributed by atoms with Crippen molar-refractivity contribution in [3.8, 4) is 0 Å². The van der Waals surface area contributed by atoms with Crippen LogP contribution in [-0.2, 0) is 0 Å². The summed E-state index contributed by atoms with van der Waals surface area (Å²) in [5.74, 6) is 1.87. The molecule has 0 fully saturated rings. The summed E-state index contributed by atoms with van der Waals surface area (Å²) in [5, 5.41) is 3.46. The van der Waals surface area contributed by atoms with Crippen LogP contribution in [0.1, 0.15) is 45.0 Å². The Bertz CT molecular complexity index is 305. The predicted molar refractivity (Wildman–Crippen MR) is 67.5 cm³/mol. The molecule has 0 radical (unpaired) electrons. The monoisotopic (exact) mass is 221 g/mol. The Hall–Kier alpha value is -0.960. The Morgan fingerprint density at radius 3 is 2.19 bits per heavy atom. The first-order chi connectivity index (χ1) is 7.56. The zero-order valence-corrected chi connectivity index (χ0v) is 11.0. The molecule has 0 saturated heterocycles. The molecule has 0 saturated carbocycles. The van der Waals surface area contributed by atoms with Crippen LogP contribution in [0.2, 0.25) is 0 Å². The Morgan fingerprint density at radius 2 is 1.75 bits per heavy atom. The fourth-order valence-electron chi connectivity index (χ4n) is 2.12. The highest BCUT2D eigenvalue weighted by molar-refractivity contribution is 5.07. The molecule has 16 heavy (non-hydrogen) atoms. The molecule has 1 aromatic rings. The molecular weight excluding hydrogens is 198 g/mol. The van der Waals surface area contributed by atoms with Crippen LogP contribution in [0.25, 0.3) is 0 Å². The highest BCUT2D eigenvalue weighted by atomic mass is 14.9. The lowest BCUT2D eigenvalue weighted by Crippen LogP contribution is -2.35. The summed E-state index contributed by atoms with van der Waals surface area (Å²) in [4.78, 5) is 8.90. The number of rotatable bonds is 5. The summed E-state index contributed by atoms with van der Waals surface area (Å²) in [6, 6.07) is 0.410. The van der Waals surface area contributed by atoms with E-state index in [0.29, 0.717) is 17.9 Å². The standard InChI is InChI=1S/C13H23N3/c1-6-14-11(5)12(9(2)3)13-15-7-10(4)8-16-13/h7-9,11-12,14H,6H2,1-5H3. The number of likely N-dealkylation sites (N-methyl/N-ethyl adjacent to an activating group) is 1. The molecule has 2 unspecified atom stereocenters. The lowest BCUT2D eigenvalue weighted by atomic mass is 9.88. The number of aromatic nitrogens is 2. The molecule has 1 aromatic heterocycles. The average Bonchev–Trinajstić information content (AvgIpc) is 2.21. The van der Waals surface area contributed by atoms with Crippen LogP contribution < -0.4 is 5.32 Å². The predicted octanol–water partition coefficient (Wildman–Crippen LogP) is 2.52. The quantitative estimate of drug-likeness (QED) is 0.830. The van der Waals surface area contributed by atoms with Crippen LogP contribution >= 0.6 is 0 Å². The maximum Gasteiger partial charge on any atom is 0.133 e. The molecule has 1 N–H and O–H groups in total. The van der Waals surface area contributed by atoms with Crippen LogP contribution in [0, 0.1) is 12.8 Å². The van der Waals surface area contributed by atoms with Gasteiger partial charge in [0.2, 0.25) is 0 Å². The second kappa shape index (κ2) is 5.94. The lowest BCUT2D eigenvalue weighted by molar-refractivity contribution is 0.368. The number of hydrogen-bond donors (Lipinski definition) is 1. The van der Waals surface area contributed by atoms with E-state index in [2.05, 4.69) is 43.0 Å². The van der Waals surface area contributed by atoms with Gasteiger partial charge < -0.3 is 5.32 Å². The van der Waals surface area contributed by atoms with Crippen LogP contribution in [0.4, 0.5) is 0 Å². The number of nitrogens with one attached hydrogen (secondary N) is 1. The summed E-state index contributed by atoms with van der Waals surface area (Å²) in [6.07, 6.45) is 3.80. The first kappa shape index (κ1) is 13.1. The Balaban J connectivity index is 2.89. The average molecular weight is 221 g/mol. The van der Waals surface area contributed by atoms with E-state index in [0.717, 1.165) is 17.9 Å². The van der Waals surface area contributed by atoms with Crippen molar-refractivity contribution in [1.29, 1.82) is 0 Å². The third kappa shape index (κ3) is 3.27. The van der Waals surface area contributed by atoms with Gasteiger partial charge in [-0.3, -0.25) is 0 Å². The SMILES string of the molecule is CCNC(C)C(c1ncc(C)cn1)C(C)C. The maximum atomic E-state index is 4.45. The van der Waals surface area contributed by atoms with Crippen molar-refractivity contribution in [1.82, 2.24) is 15.3 Å². The van der Waals surface area contributed by atoms with E-state index >= 15 is 0 Å². The van der Waals surface area contributed by atoms with Crippen LogP contribution in [0.5, 0.6) is 0 Å². The van der Waals surface area contributed by atoms with E-state index in [1.165, 1.54) is 0 Å². The van der Waals surface area contributed by atoms with Gasteiger partial charge in [-0.15, -0.1) is 0 Å². The van der Waals surface area contributed by atoms with Gasteiger partial charge in [0.1, 0.15) is 5.82 Å². The van der Waals surface area contributed by atoms with Gasteiger partial charge in [0.05, 0.1) is 0 Å². The summed E-state index contributed by atoms with van der Waals surface area (Å²) in [6.45, 7) is 11.8. The highest BCUT2D eigenvalue weighted by Crippen LogP contribution is 2.24. The molecule has 2 atom stereocenters. The van der Waals surface area contributed by atoms with Crippen molar-refractivity contribution >= 4 is 0 Å². The lowest BCUT2D eigenvalue weighted by Gasteiger charge is -2.26. The zero-order chi connectivity index (χ0) is 12.1. The summed E-state index contributed by atoms with van der Waals surface area (Å²) >= 11 is 0. The fourth-order valence-corrected chi connectivity index (χ4v) is 2.12. The first-order valence-corrected chi connectivity index (χ1v) is 6.08. The first-order valence-electron chi connectivity index (χ1n) is 6.08. The van der Waals surface area contributed by atoms with E-state index in [-0.39, 0.29) is 0 Å². The highest BCUT2D eigenvalue weighted by Gasteiger charge is 2.24. The molecule has 0 amide bonds. The molecule has 0 aliphatic carbocycles.